The van der Waals surface area contributed by atoms with E-state index in [0.717, 1.165) is 56.2 Å². The van der Waals surface area contributed by atoms with Gasteiger partial charge in [0.25, 0.3) is 5.56 Å². The van der Waals surface area contributed by atoms with E-state index in [0.29, 0.717) is 17.8 Å². The predicted octanol–water partition coefficient (Wildman–Crippen LogP) is 1.08. The van der Waals surface area contributed by atoms with Gasteiger partial charge in [-0.2, -0.15) is 0 Å². The molecule has 0 bridgehead atoms. The third-order valence-electron chi connectivity index (χ3n) is 7.03. The zero-order valence-corrected chi connectivity index (χ0v) is 18.7. The van der Waals surface area contributed by atoms with Crippen LogP contribution in [0, 0.1) is 5.92 Å². The van der Waals surface area contributed by atoms with Gasteiger partial charge in [0.2, 0.25) is 0 Å². The van der Waals surface area contributed by atoms with Crippen LogP contribution >= 0.6 is 0 Å². The summed E-state index contributed by atoms with van der Waals surface area (Å²) in [7, 11) is 2.14. The number of anilines is 1. The third-order valence-corrected chi connectivity index (χ3v) is 7.03. The van der Waals surface area contributed by atoms with Gasteiger partial charge in [-0.25, -0.2) is 19.6 Å². The number of aromatic nitrogens is 5. The largest absolute Gasteiger partial charge is 0.354 e. The molecule has 4 heterocycles. The van der Waals surface area contributed by atoms with Crippen LogP contribution in [0.25, 0.3) is 5.82 Å². The van der Waals surface area contributed by atoms with Crippen molar-refractivity contribution in [2.45, 2.75) is 31.7 Å². The van der Waals surface area contributed by atoms with Crippen LogP contribution in [0.2, 0.25) is 0 Å². The van der Waals surface area contributed by atoms with E-state index in [9.17, 15) is 4.79 Å². The molecule has 0 amide bonds. The summed E-state index contributed by atoms with van der Waals surface area (Å²) in [6.07, 6.45) is 5.48. The molecule has 168 valence electrons. The van der Waals surface area contributed by atoms with Crippen molar-refractivity contribution in [2.75, 3.05) is 38.1 Å². The number of hydrogen-bond donors (Lipinski definition) is 2. The number of aryl methyl sites for hydroxylation is 1. The van der Waals surface area contributed by atoms with Gasteiger partial charge in [-0.1, -0.05) is 13.0 Å². The van der Waals surface area contributed by atoms with Crippen molar-refractivity contribution in [3.8, 4) is 5.82 Å². The van der Waals surface area contributed by atoms with Gasteiger partial charge >= 0.3 is 0 Å². The van der Waals surface area contributed by atoms with Gasteiger partial charge in [-0.3, -0.25) is 9.89 Å². The normalized spacial score (nSPS) is 23.8. The van der Waals surface area contributed by atoms with E-state index in [4.69, 9.17) is 5.73 Å². The lowest BCUT2D eigenvalue weighted by molar-refractivity contribution is 0.253. The Hall–Kier alpha value is -3.04. The first-order valence-electron chi connectivity index (χ1n) is 11.2. The number of likely N-dealkylation sites (N-methyl/N-ethyl adjacent to an activating group) is 1. The molecule has 2 aliphatic rings. The topological polar surface area (TPSA) is 109 Å². The molecule has 1 fully saturated rings. The fourth-order valence-corrected chi connectivity index (χ4v) is 4.91. The second-order valence-corrected chi connectivity index (χ2v) is 9.11. The van der Waals surface area contributed by atoms with Crippen molar-refractivity contribution in [1.82, 2.24) is 29.6 Å². The molecule has 0 spiro atoms. The zero-order valence-electron chi connectivity index (χ0n) is 18.7. The number of fused-ring (bicyclic) bond motifs is 1. The summed E-state index contributed by atoms with van der Waals surface area (Å²) in [6, 6.07) is 7.55. The van der Waals surface area contributed by atoms with Crippen molar-refractivity contribution in [3.05, 3.63) is 64.1 Å². The summed E-state index contributed by atoms with van der Waals surface area (Å²) in [5, 5.41) is 3.26. The van der Waals surface area contributed by atoms with Crippen LogP contribution in [0.4, 0.5) is 5.82 Å². The molecule has 3 aromatic rings. The fourth-order valence-electron chi connectivity index (χ4n) is 4.91. The van der Waals surface area contributed by atoms with E-state index < -0.39 is 5.54 Å². The number of piperazine rings is 1. The number of pyridine rings is 1. The molecule has 3 aromatic heterocycles. The number of rotatable bonds is 4. The molecule has 9 nitrogen and oxygen atoms in total. The average molecular weight is 435 g/mol. The van der Waals surface area contributed by atoms with Crippen molar-refractivity contribution >= 4 is 5.82 Å². The number of aromatic amines is 1. The zero-order chi connectivity index (χ0) is 22.3. The molecule has 1 aliphatic heterocycles. The highest BCUT2D eigenvalue weighted by Gasteiger charge is 2.43. The minimum absolute atomic E-state index is 0.124. The first-order valence-corrected chi connectivity index (χ1v) is 11.2. The van der Waals surface area contributed by atoms with Crippen molar-refractivity contribution in [1.29, 1.82) is 0 Å². The second-order valence-electron chi connectivity index (χ2n) is 9.11. The van der Waals surface area contributed by atoms with E-state index in [1.54, 1.807) is 12.5 Å². The molecule has 5 rings (SSSR count). The van der Waals surface area contributed by atoms with Gasteiger partial charge in [0, 0.05) is 56.3 Å². The molecule has 0 saturated carbocycles. The molecule has 0 aromatic carbocycles. The van der Waals surface area contributed by atoms with Gasteiger partial charge in [0.1, 0.15) is 12.1 Å². The van der Waals surface area contributed by atoms with E-state index in [1.807, 2.05) is 24.3 Å². The van der Waals surface area contributed by atoms with Gasteiger partial charge < -0.3 is 15.5 Å². The Bertz CT molecular complexity index is 1150. The van der Waals surface area contributed by atoms with Gasteiger partial charge in [0.05, 0.1) is 11.1 Å². The van der Waals surface area contributed by atoms with Crippen molar-refractivity contribution in [2.24, 2.45) is 11.7 Å². The van der Waals surface area contributed by atoms with Crippen LogP contribution < -0.4 is 16.2 Å². The number of nitrogens with one attached hydrogen (secondary N) is 1. The van der Waals surface area contributed by atoms with Crippen LogP contribution in [0.15, 0.2) is 41.6 Å². The minimum atomic E-state index is -0.811. The van der Waals surface area contributed by atoms with E-state index in [1.165, 1.54) is 4.68 Å². The number of hydrogen-bond acceptors (Lipinski definition) is 7. The van der Waals surface area contributed by atoms with Gasteiger partial charge in [-0.15, -0.1) is 0 Å². The Morgan fingerprint density at radius 2 is 1.97 bits per heavy atom. The van der Waals surface area contributed by atoms with Crippen molar-refractivity contribution < 1.29 is 0 Å². The maximum absolute atomic E-state index is 13.5. The molecular formula is C23H30N8O. The summed E-state index contributed by atoms with van der Waals surface area (Å²) in [6.45, 7) is 6.03. The SMILES string of the molecule is CC1CCc2[nH]n(-c3ccccn3)c(=O)c2C1(N)Cc1cc(N2CCN(C)CC2)ncn1. The molecular weight excluding hydrogens is 404 g/mol. The lowest BCUT2D eigenvalue weighted by atomic mass is 9.70. The molecule has 2 atom stereocenters. The highest BCUT2D eigenvalue weighted by molar-refractivity contribution is 5.41. The van der Waals surface area contributed by atoms with Crippen LogP contribution in [0.3, 0.4) is 0 Å². The fraction of sp³-hybridized carbons (Fsp3) is 0.478. The first kappa shape index (κ1) is 20.8. The molecule has 3 N–H and O–H groups in total. The highest BCUT2D eigenvalue weighted by Crippen LogP contribution is 2.38. The number of nitrogens with two attached hydrogens (primary N) is 1. The molecule has 2 unspecified atom stereocenters. The number of nitrogens with zero attached hydrogens (tertiary/aromatic N) is 6. The molecule has 1 saturated heterocycles. The monoisotopic (exact) mass is 434 g/mol. The minimum Gasteiger partial charge on any atom is -0.354 e. The summed E-state index contributed by atoms with van der Waals surface area (Å²) in [4.78, 5) is 31.4. The van der Waals surface area contributed by atoms with Crippen LogP contribution in [-0.4, -0.2) is 62.9 Å². The molecule has 0 radical (unpaired) electrons. The van der Waals surface area contributed by atoms with Crippen LogP contribution in [-0.2, 0) is 18.4 Å². The first-order chi connectivity index (χ1) is 15.5. The second kappa shape index (κ2) is 8.14. The summed E-state index contributed by atoms with van der Waals surface area (Å²) < 4.78 is 1.51. The Balaban J connectivity index is 1.49. The van der Waals surface area contributed by atoms with E-state index in [-0.39, 0.29) is 11.5 Å². The summed E-state index contributed by atoms with van der Waals surface area (Å²) in [5.74, 6) is 1.63. The maximum atomic E-state index is 13.5. The summed E-state index contributed by atoms with van der Waals surface area (Å²) >= 11 is 0. The van der Waals surface area contributed by atoms with E-state index in [2.05, 4.69) is 43.8 Å². The number of H-pyrrole nitrogens is 1. The maximum Gasteiger partial charge on any atom is 0.278 e. The quantitative estimate of drug-likeness (QED) is 0.632. The van der Waals surface area contributed by atoms with Crippen LogP contribution in [0.1, 0.15) is 30.3 Å². The molecule has 32 heavy (non-hydrogen) atoms. The van der Waals surface area contributed by atoms with Gasteiger partial charge in [-0.05, 0) is 37.9 Å². The Labute approximate surface area is 187 Å². The Morgan fingerprint density at radius 1 is 1.16 bits per heavy atom. The molecule has 1 aliphatic carbocycles. The smallest absolute Gasteiger partial charge is 0.278 e. The predicted molar refractivity (Wildman–Crippen MR) is 123 cm³/mol. The van der Waals surface area contributed by atoms with Crippen molar-refractivity contribution in [3.63, 3.8) is 0 Å². The Kier molecular flexibility index (Phi) is 5.30. The molecule has 9 heteroatoms. The van der Waals surface area contributed by atoms with E-state index >= 15 is 0 Å². The standard InChI is InChI=1S/C23H30N8O/c1-16-6-7-18-21(22(32)31(28-18)19-5-3-4-8-25-19)23(16,24)14-17-13-20(27-15-26-17)30-11-9-29(2)10-12-30/h3-5,8,13,15-16,28H,6-7,9-12,14,24H2,1-2H3. The highest BCUT2D eigenvalue weighted by atomic mass is 16.1. The lowest BCUT2D eigenvalue weighted by Crippen LogP contribution is -2.51. The lowest BCUT2D eigenvalue weighted by Gasteiger charge is -2.38. The summed E-state index contributed by atoms with van der Waals surface area (Å²) in [5.41, 5.74) is 8.53. The third kappa shape index (κ3) is 3.61. The van der Waals surface area contributed by atoms with Crippen LogP contribution in [0.5, 0.6) is 0 Å². The van der Waals surface area contributed by atoms with Gasteiger partial charge in [0.15, 0.2) is 5.82 Å². The Morgan fingerprint density at radius 3 is 2.72 bits per heavy atom. The average Bonchev–Trinajstić information content (AvgIpc) is 3.15.